The summed E-state index contributed by atoms with van der Waals surface area (Å²) in [5.41, 5.74) is 5.17. The first kappa shape index (κ1) is 19.0. The summed E-state index contributed by atoms with van der Waals surface area (Å²) in [5.74, 6) is 4.21. The zero-order valence-electron chi connectivity index (χ0n) is 17.3. The lowest BCUT2D eigenvalue weighted by atomic mass is 9.83. The largest absolute Gasteiger partial charge is 0.368 e. The minimum absolute atomic E-state index is 0.327. The lowest BCUT2D eigenvalue weighted by Gasteiger charge is -2.29. The van der Waals surface area contributed by atoms with Crippen LogP contribution in [0.1, 0.15) is 6.42 Å². The first-order valence-corrected chi connectivity index (χ1v) is 12.1. The topological polar surface area (TPSA) is 77.8 Å². The van der Waals surface area contributed by atoms with E-state index in [9.17, 15) is 0 Å². The number of hydrogen-bond donors (Lipinski definition) is 2. The Balaban J connectivity index is 1.28. The number of fused-ring (bicyclic) bond motifs is 2. The van der Waals surface area contributed by atoms with Gasteiger partial charge in [-0.1, -0.05) is 0 Å². The second-order valence-electron chi connectivity index (χ2n) is 8.35. The Hall–Kier alpha value is -2.71. The minimum Gasteiger partial charge on any atom is -0.368 e. The molecule has 2 N–H and O–H groups in total. The van der Waals surface area contributed by atoms with Crippen LogP contribution >= 0.6 is 11.8 Å². The average Bonchev–Trinajstić information content (AvgIpc) is 3.48. The van der Waals surface area contributed by atoms with Crippen molar-refractivity contribution in [1.29, 1.82) is 0 Å². The van der Waals surface area contributed by atoms with Crippen LogP contribution in [0.25, 0.3) is 5.57 Å². The van der Waals surface area contributed by atoms with Crippen LogP contribution in [0.3, 0.4) is 0 Å². The maximum absolute atomic E-state index is 4.75. The molecule has 158 valence electrons. The number of hydrogen-bond acceptors (Lipinski definition) is 8. The van der Waals surface area contributed by atoms with Crippen molar-refractivity contribution in [2.24, 2.45) is 21.8 Å². The molecule has 2 saturated heterocycles. The molecule has 8 heteroatoms. The van der Waals surface area contributed by atoms with Gasteiger partial charge in [0.15, 0.2) is 5.49 Å². The van der Waals surface area contributed by atoms with Crippen LogP contribution in [-0.4, -0.2) is 53.9 Å². The van der Waals surface area contributed by atoms with Crippen molar-refractivity contribution in [1.82, 2.24) is 15.3 Å². The van der Waals surface area contributed by atoms with Gasteiger partial charge in [0.2, 0.25) is 0 Å². The third-order valence-corrected chi connectivity index (χ3v) is 7.60. The fraction of sp³-hybridized carbons (Fsp3) is 0.391. The SMILES string of the molecule is C1=NC=C2N=c3ncc(Nc4ccc(N5CCNCC5)cn4)cc3=C2C1C1CCSC1. The number of rotatable bonds is 4. The quantitative estimate of drug-likeness (QED) is 0.768. The van der Waals surface area contributed by atoms with Gasteiger partial charge in [-0.2, -0.15) is 11.8 Å². The Labute approximate surface area is 185 Å². The van der Waals surface area contributed by atoms with E-state index in [0.717, 1.165) is 54.1 Å². The van der Waals surface area contributed by atoms with Gasteiger partial charge in [-0.25, -0.2) is 15.0 Å². The zero-order valence-corrected chi connectivity index (χ0v) is 18.1. The first-order valence-electron chi connectivity index (χ1n) is 10.9. The summed E-state index contributed by atoms with van der Waals surface area (Å²) in [6, 6.07) is 6.35. The number of piperazine rings is 1. The van der Waals surface area contributed by atoms with E-state index in [1.807, 2.05) is 36.4 Å². The molecule has 31 heavy (non-hydrogen) atoms. The van der Waals surface area contributed by atoms with Crippen LogP contribution in [0.5, 0.6) is 0 Å². The van der Waals surface area contributed by atoms with Crippen LogP contribution in [-0.2, 0) is 0 Å². The monoisotopic (exact) mass is 431 g/mol. The van der Waals surface area contributed by atoms with E-state index in [2.05, 4.69) is 48.8 Å². The molecule has 2 aromatic heterocycles. The van der Waals surface area contributed by atoms with Gasteiger partial charge in [-0.3, -0.25) is 4.99 Å². The van der Waals surface area contributed by atoms with Gasteiger partial charge < -0.3 is 15.5 Å². The van der Waals surface area contributed by atoms with E-state index in [0.29, 0.717) is 11.8 Å². The molecule has 0 bridgehead atoms. The van der Waals surface area contributed by atoms with Gasteiger partial charge in [0, 0.05) is 43.5 Å². The van der Waals surface area contributed by atoms with E-state index in [1.54, 1.807) is 0 Å². The van der Waals surface area contributed by atoms with Gasteiger partial charge in [0.25, 0.3) is 0 Å². The predicted molar refractivity (Wildman–Crippen MR) is 127 cm³/mol. The van der Waals surface area contributed by atoms with E-state index in [1.165, 1.54) is 29.2 Å². The number of allylic oxidation sites excluding steroid dienone is 1. The molecule has 7 nitrogen and oxygen atoms in total. The van der Waals surface area contributed by atoms with E-state index >= 15 is 0 Å². The van der Waals surface area contributed by atoms with Crippen LogP contribution in [0.2, 0.25) is 0 Å². The summed E-state index contributed by atoms with van der Waals surface area (Å²) in [7, 11) is 0. The summed E-state index contributed by atoms with van der Waals surface area (Å²) in [6.45, 7) is 4.08. The summed E-state index contributed by atoms with van der Waals surface area (Å²) >= 11 is 2.04. The molecule has 0 aliphatic carbocycles. The maximum atomic E-state index is 4.75. The molecule has 6 heterocycles. The van der Waals surface area contributed by atoms with Crippen LogP contribution < -0.4 is 26.2 Å². The van der Waals surface area contributed by atoms with Crippen molar-refractivity contribution in [3.63, 3.8) is 0 Å². The highest BCUT2D eigenvalue weighted by atomic mass is 32.2. The molecule has 2 aromatic rings. The van der Waals surface area contributed by atoms with E-state index < -0.39 is 0 Å². The average molecular weight is 432 g/mol. The highest BCUT2D eigenvalue weighted by molar-refractivity contribution is 7.99. The second-order valence-corrected chi connectivity index (χ2v) is 9.50. The molecule has 6 rings (SSSR count). The van der Waals surface area contributed by atoms with Crippen molar-refractivity contribution in [3.8, 4) is 0 Å². The van der Waals surface area contributed by atoms with E-state index in [4.69, 9.17) is 4.99 Å². The van der Waals surface area contributed by atoms with Crippen LogP contribution in [0.4, 0.5) is 17.2 Å². The number of pyridine rings is 2. The molecule has 0 aromatic carbocycles. The Bertz CT molecular complexity index is 1160. The Morgan fingerprint density at radius 1 is 1.13 bits per heavy atom. The molecule has 4 aliphatic rings. The minimum atomic E-state index is 0.327. The molecule has 0 spiro atoms. The van der Waals surface area contributed by atoms with Crippen molar-refractivity contribution in [2.45, 2.75) is 6.42 Å². The molecule has 2 fully saturated rings. The van der Waals surface area contributed by atoms with Gasteiger partial charge in [-0.15, -0.1) is 0 Å². The third-order valence-electron chi connectivity index (χ3n) is 6.41. The summed E-state index contributed by atoms with van der Waals surface area (Å²) in [5, 5.41) is 7.94. The Morgan fingerprint density at radius 3 is 2.87 bits per heavy atom. The van der Waals surface area contributed by atoms with Crippen LogP contribution in [0, 0.1) is 11.8 Å². The summed E-state index contributed by atoms with van der Waals surface area (Å²) in [6.07, 6.45) is 9.01. The fourth-order valence-corrected chi connectivity index (χ4v) is 6.08. The number of anilines is 3. The summed E-state index contributed by atoms with van der Waals surface area (Å²) < 4.78 is 0. The Morgan fingerprint density at radius 2 is 2.06 bits per heavy atom. The lowest BCUT2D eigenvalue weighted by molar-refractivity contribution is 0.549. The van der Waals surface area contributed by atoms with Crippen LogP contribution in [0.15, 0.2) is 52.5 Å². The highest BCUT2D eigenvalue weighted by Gasteiger charge is 2.32. The smallest absolute Gasteiger partial charge is 0.160 e. The fourth-order valence-electron chi connectivity index (χ4n) is 4.77. The molecular weight excluding hydrogens is 406 g/mol. The number of nitrogens with zero attached hydrogens (tertiary/aromatic N) is 5. The number of nitrogens with one attached hydrogen (secondary N) is 2. The standard InChI is InChI=1S/C23H25N7S/c1-2-21(26-11-17(1)30-6-4-24-5-7-30)28-16-9-18-22-19(15-3-8-31-14-15)12-25-13-20(22)29-23(18)27-10-16/h1-2,9-13,15,19,24H,3-8,14H2,(H,26,28). The molecule has 0 amide bonds. The summed E-state index contributed by atoms with van der Waals surface area (Å²) in [4.78, 5) is 20.9. The zero-order chi connectivity index (χ0) is 20.6. The first-order chi connectivity index (χ1) is 15.3. The molecule has 0 saturated carbocycles. The predicted octanol–water partition coefficient (Wildman–Crippen LogP) is 1.71. The number of aliphatic imine (C=N–C) groups is 1. The Kier molecular flexibility index (Phi) is 4.96. The van der Waals surface area contributed by atoms with Crippen molar-refractivity contribution in [2.75, 3.05) is 47.9 Å². The van der Waals surface area contributed by atoms with Gasteiger partial charge in [-0.05, 0) is 47.6 Å². The van der Waals surface area contributed by atoms with Crippen molar-refractivity contribution >= 4 is 40.7 Å². The van der Waals surface area contributed by atoms with Crippen molar-refractivity contribution in [3.05, 3.63) is 53.2 Å². The third kappa shape index (κ3) is 3.64. The maximum Gasteiger partial charge on any atom is 0.160 e. The molecule has 2 atom stereocenters. The molecule has 0 radical (unpaired) electrons. The van der Waals surface area contributed by atoms with E-state index in [-0.39, 0.29) is 0 Å². The molecule has 2 unspecified atom stereocenters. The molecule has 4 aliphatic heterocycles. The van der Waals surface area contributed by atoms with Gasteiger partial charge in [0.1, 0.15) is 5.82 Å². The second kappa shape index (κ2) is 8.09. The number of thioether (sulfide) groups is 1. The highest BCUT2D eigenvalue weighted by Crippen LogP contribution is 2.38. The van der Waals surface area contributed by atoms with Gasteiger partial charge >= 0.3 is 0 Å². The van der Waals surface area contributed by atoms with Crippen molar-refractivity contribution < 1.29 is 0 Å². The number of aromatic nitrogens is 2. The lowest BCUT2D eigenvalue weighted by Crippen LogP contribution is -2.43. The van der Waals surface area contributed by atoms with Gasteiger partial charge in [0.05, 0.1) is 35.7 Å². The normalized spacial score (nSPS) is 24.5. The molecular formula is C23H25N7S.